The van der Waals surface area contributed by atoms with Gasteiger partial charge in [-0.2, -0.15) is 0 Å². The van der Waals surface area contributed by atoms with Crippen molar-refractivity contribution in [2.45, 2.75) is 45.7 Å². The minimum Gasteiger partial charge on any atom is -0.484 e. The van der Waals surface area contributed by atoms with Crippen LogP contribution in [0.15, 0.2) is 41.8 Å². The van der Waals surface area contributed by atoms with Crippen LogP contribution in [-0.2, 0) is 4.79 Å². The maximum Gasteiger partial charge on any atom is 0.300 e. The van der Waals surface area contributed by atoms with Gasteiger partial charge in [0.2, 0.25) is 11.7 Å². The number of anilines is 2. The summed E-state index contributed by atoms with van der Waals surface area (Å²) >= 11 is 19.2. The lowest BCUT2D eigenvalue weighted by molar-refractivity contribution is -0.129. The molecule has 0 spiro atoms. The van der Waals surface area contributed by atoms with Crippen molar-refractivity contribution in [1.29, 1.82) is 0 Å². The number of halogens is 5. The first kappa shape index (κ1) is 32.1. The smallest absolute Gasteiger partial charge is 0.300 e. The van der Waals surface area contributed by atoms with Crippen molar-refractivity contribution >= 4 is 63.0 Å². The first-order valence-electron chi connectivity index (χ1n) is 14.6. The summed E-state index contributed by atoms with van der Waals surface area (Å²) in [6.07, 6.45) is 2.87. The molecule has 1 fully saturated rings. The van der Waals surface area contributed by atoms with Crippen LogP contribution in [0, 0.1) is 18.6 Å². The number of aryl methyl sites for hydroxylation is 1. The van der Waals surface area contributed by atoms with Crippen molar-refractivity contribution in [3.05, 3.63) is 85.4 Å². The normalized spacial score (nSPS) is 17.6. The van der Waals surface area contributed by atoms with E-state index in [2.05, 4.69) is 11.6 Å². The molecule has 0 saturated carbocycles. The zero-order chi connectivity index (χ0) is 33.4. The van der Waals surface area contributed by atoms with E-state index < -0.39 is 28.3 Å². The van der Waals surface area contributed by atoms with Crippen LogP contribution >= 0.6 is 34.8 Å². The summed E-state index contributed by atoms with van der Waals surface area (Å²) in [4.78, 5) is 35.4. The topological polar surface area (TPSA) is 93.7 Å². The Morgan fingerprint density at radius 1 is 1.11 bits per heavy atom. The third-order valence-corrected chi connectivity index (χ3v) is 9.56. The molecular formula is C33H30Cl3F2N5O3. The van der Waals surface area contributed by atoms with Gasteiger partial charge in [0.05, 0.1) is 49.4 Å². The van der Waals surface area contributed by atoms with Crippen molar-refractivity contribution in [2.75, 3.05) is 30.3 Å². The molecule has 2 aromatic heterocycles. The SMILES string of the molecule is C=CC(=O)N1CC2COc3c(c4cc(Cl)c(-c5c(N)c(Cl)cc(Cl)c5F)c(F)c4n(-c4c(C)ccnc4C(C)C)c3=O)N2CC1C. The maximum atomic E-state index is 17.4. The van der Waals surface area contributed by atoms with Crippen molar-refractivity contribution in [2.24, 2.45) is 0 Å². The molecule has 0 aliphatic carbocycles. The van der Waals surface area contributed by atoms with E-state index in [1.807, 2.05) is 25.7 Å². The summed E-state index contributed by atoms with van der Waals surface area (Å²) in [5, 5.41) is -0.424. The summed E-state index contributed by atoms with van der Waals surface area (Å²) in [7, 11) is 0. The molecule has 1 saturated heterocycles. The van der Waals surface area contributed by atoms with Gasteiger partial charge in [0.25, 0.3) is 5.56 Å². The lowest BCUT2D eigenvalue weighted by atomic mass is 9.96. The first-order valence-corrected chi connectivity index (χ1v) is 15.7. The van der Waals surface area contributed by atoms with Crippen LogP contribution in [0.5, 0.6) is 5.75 Å². The number of nitrogens with zero attached hydrogens (tertiary/aromatic N) is 4. The number of nitrogens with two attached hydrogens (primary N) is 1. The molecule has 2 unspecified atom stereocenters. The van der Waals surface area contributed by atoms with E-state index >= 15 is 8.78 Å². The van der Waals surface area contributed by atoms with Crippen molar-refractivity contribution < 1.29 is 18.3 Å². The van der Waals surface area contributed by atoms with E-state index in [0.29, 0.717) is 29.2 Å². The van der Waals surface area contributed by atoms with Crippen LogP contribution in [0.2, 0.25) is 15.1 Å². The molecule has 2 atom stereocenters. The number of hydrogen-bond acceptors (Lipinski definition) is 6. The summed E-state index contributed by atoms with van der Waals surface area (Å²) in [5.41, 5.74) is 6.14. The monoisotopic (exact) mass is 687 g/mol. The lowest BCUT2D eigenvalue weighted by Gasteiger charge is -2.48. The van der Waals surface area contributed by atoms with Crippen LogP contribution in [0.4, 0.5) is 20.2 Å². The molecule has 4 heterocycles. The standard InChI is InChI=1S/C33H30Cl3F2N5O3/c1-6-22(44)41-12-17-13-46-32-31(42(17)11-16(41)5)18-9-19(34)23(24-25(37)20(35)10-21(36)27(24)39)26(38)30(18)43(33(32)45)29-15(4)7-8-40-28(29)14(2)3/h6-10,14,16-17H,1,11-13,39H2,2-5H3. The molecule has 2 N–H and O–H groups in total. The fourth-order valence-corrected chi connectivity index (χ4v) is 7.24. The predicted octanol–water partition coefficient (Wildman–Crippen LogP) is 7.29. The number of rotatable bonds is 4. The average Bonchev–Trinajstić information content (AvgIpc) is 3.01. The second-order valence-corrected chi connectivity index (χ2v) is 13.1. The molecule has 2 aromatic carbocycles. The molecule has 240 valence electrons. The Balaban J connectivity index is 1.76. The number of aromatic nitrogens is 2. The third kappa shape index (κ3) is 4.80. The molecule has 46 heavy (non-hydrogen) atoms. The van der Waals surface area contributed by atoms with Crippen LogP contribution < -0.4 is 20.9 Å². The van der Waals surface area contributed by atoms with Gasteiger partial charge in [-0.3, -0.25) is 19.1 Å². The molecular weight excluding hydrogens is 659 g/mol. The second-order valence-electron chi connectivity index (χ2n) is 11.9. The van der Waals surface area contributed by atoms with Crippen LogP contribution in [0.3, 0.4) is 0 Å². The molecule has 8 nitrogen and oxygen atoms in total. The summed E-state index contributed by atoms with van der Waals surface area (Å²) in [6, 6.07) is 3.67. The van der Waals surface area contributed by atoms with E-state index in [4.69, 9.17) is 45.3 Å². The molecule has 0 bridgehead atoms. The number of piperazine rings is 1. The zero-order valence-electron chi connectivity index (χ0n) is 25.4. The van der Waals surface area contributed by atoms with Gasteiger partial charge in [0.1, 0.15) is 6.61 Å². The number of amides is 1. The number of carbonyl (C=O) groups is 1. The quantitative estimate of drug-likeness (QED) is 0.138. The van der Waals surface area contributed by atoms with E-state index in [-0.39, 0.29) is 74.5 Å². The van der Waals surface area contributed by atoms with Crippen molar-refractivity contribution in [3.8, 4) is 22.6 Å². The number of ether oxygens (including phenoxy) is 1. The minimum atomic E-state index is -1.02. The Morgan fingerprint density at radius 2 is 1.83 bits per heavy atom. The highest BCUT2D eigenvalue weighted by atomic mass is 35.5. The predicted molar refractivity (Wildman–Crippen MR) is 179 cm³/mol. The average molecular weight is 689 g/mol. The first-order chi connectivity index (χ1) is 21.8. The van der Waals surface area contributed by atoms with E-state index in [9.17, 15) is 9.59 Å². The summed E-state index contributed by atoms with van der Waals surface area (Å²) in [6.45, 7) is 11.8. The van der Waals surface area contributed by atoms with Gasteiger partial charge >= 0.3 is 0 Å². The lowest BCUT2D eigenvalue weighted by Crippen LogP contribution is -2.62. The Labute approximate surface area is 278 Å². The number of pyridine rings is 2. The minimum absolute atomic E-state index is 0.00267. The highest BCUT2D eigenvalue weighted by molar-refractivity contribution is 6.38. The molecule has 4 aromatic rings. The zero-order valence-corrected chi connectivity index (χ0v) is 27.7. The molecule has 1 amide bonds. The number of carbonyl (C=O) groups excluding carboxylic acids is 1. The maximum absolute atomic E-state index is 17.4. The van der Waals surface area contributed by atoms with Gasteiger partial charge in [-0.15, -0.1) is 0 Å². The number of fused-ring (bicyclic) bond motifs is 5. The van der Waals surface area contributed by atoms with Gasteiger partial charge < -0.3 is 20.3 Å². The van der Waals surface area contributed by atoms with Gasteiger partial charge in [-0.05, 0) is 49.6 Å². The number of benzene rings is 2. The van der Waals surface area contributed by atoms with Crippen molar-refractivity contribution in [3.63, 3.8) is 0 Å². The Morgan fingerprint density at radius 3 is 2.50 bits per heavy atom. The summed E-state index contributed by atoms with van der Waals surface area (Å²) < 4.78 is 40.5. The van der Waals surface area contributed by atoms with Gasteiger partial charge in [-0.25, -0.2) is 8.78 Å². The third-order valence-electron chi connectivity index (χ3n) is 8.67. The molecule has 13 heteroatoms. The Bertz CT molecular complexity index is 2010. The van der Waals surface area contributed by atoms with Gasteiger partial charge in [-0.1, -0.05) is 55.2 Å². The fraction of sp³-hybridized carbons (Fsp3) is 0.303. The summed E-state index contributed by atoms with van der Waals surface area (Å²) in [5.74, 6) is -2.43. The van der Waals surface area contributed by atoms with Crippen LogP contribution in [-0.4, -0.2) is 52.1 Å². The van der Waals surface area contributed by atoms with E-state index in [1.54, 1.807) is 24.1 Å². The van der Waals surface area contributed by atoms with E-state index in [1.165, 1.54) is 16.7 Å². The van der Waals surface area contributed by atoms with Gasteiger partial charge in [0.15, 0.2) is 11.6 Å². The second kappa shape index (κ2) is 11.7. The largest absolute Gasteiger partial charge is 0.484 e. The highest BCUT2D eigenvalue weighted by Gasteiger charge is 2.41. The number of hydrogen-bond donors (Lipinski definition) is 1. The molecule has 0 radical (unpaired) electrons. The Kier molecular flexibility index (Phi) is 8.19. The van der Waals surface area contributed by atoms with Crippen LogP contribution in [0.1, 0.15) is 37.9 Å². The molecule has 6 rings (SSSR count). The number of nitrogen functional groups attached to an aromatic ring is 1. The van der Waals surface area contributed by atoms with Crippen LogP contribution in [0.25, 0.3) is 27.7 Å². The highest BCUT2D eigenvalue weighted by Crippen LogP contribution is 2.48. The van der Waals surface area contributed by atoms with Gasteiger partial charge in [0, 0.05) is 41.8 Å². The van der Waals surface area contributed by atoms with E-state index in [0.717, 1.165) is 6.07 Å². The molecule has 2 aliphatic rings. The fourth-order valence-electron chi connectivity index (χ4n) is 6.49. The Hall–Kier alpha value is -3.86. The molecule has 2 aliphatic heterocycles. The van der Waals surface area contributed by atoms with Crippen molar-refractivity contribution in [1.82, 2.24) is 14.5 Å².